The number of aliphatic imine (C=N–C) groups is 1. The van der Waals surface area contributed by atoms with Gasteiger partial charge in [0.1, 0.15) is 30.2 Å². The van der Waals surface area contributed by atoms with Crippen LogP contribution in [0, 0.1) is 11.7 Å². The van der Waals surface area contributed by atoms with Crippen LogP contribution >= 0.6 is 22.9 Å². The molecule has 82 heavy (non-hydrogen) atoms. The van der Waals surface area contributed by atoms with Crippen LogP contribution in [0.5, 0.6) is 0 Å². The SMILES string of the molecule is CC1CN(Cc2ccccc2)CC1(F)F.CC=C(F)F.CCC(F)(F)F.CCOC(=O)C1=C(CN2CC(O)C(F)(F)C2)NC(c2nccs2)=N[C@H]1c1ccc(F)cc1Cl.OC1CCCC1(F)F.OC1CN(Cc2ccccc2)CC1(F)F. The molecule has 9 rings (SSSR count). The van der Waals surface area contributed by atoms with E-state index >= 15 is 0 Å². The standard InChI is InChI=1S/C21H20ClF3N4O3S.C12H15F2N.C11H13F2NO.C5H8F2O.C3H5F3.C3H4F2/c1-2-32-20(31)16-14(8-29-9-15(30)21(24,25)10-29)27-18(19-26-5-6-33-19)28-17(16)12-4-3-11(23)7-13(12)22;1-10-7-15(9-12(10,13)14)8-11-5-3-2-4-6-11;12-11(13)8-14(7-10(11)15)6-9-4-2-1-3-5-9;6-5(7)3-1-2-4(5)8;1-2-3(4,5)6;1-2-3(4)5/h3-7,15,17,30H,2,8-10H2,1H3,(H,27,28);2-6,10H,7-9H2,1H3;1-5,10,15H,6-8H2;4,8H,1-3H2;2H2,1H3;2H,1H3/t15?,17-;;;;;/m0...../s1. The van der Waals surface area contributed by atoms with E-state index in [1.807, 2.05) is 65.6 Å². The fourth-order valence-corrected chi connectivity index (χ4v) is 9.33. The average molecular weight is 1220 g/mol. The number of nitrogens with one attached hydrogen (secondary N) is 1. The highest BCUT2D eigenvalue weighted by Crippen LogP contribution is 2.39. The predicted octanol–water partition coefficient (Wildman–Crippen LogP) is 12.3. The lowest BCUT2D eigenvalue weighted by Gasteiger charge is -2.29. The summed E-state index contributed by atoms with van der Waals surface area (Å²) in [5.41, 5.74) is 2.77. The Balaban J connectivity index is 0.000000244. The van der Waals surface area contributed by atoms with Crippen molar-refractivity contribution < 1.29 is 86.3 Å². The molecule has 4 unspecified atom stereocenters. The third-order valence-corrected chi connectivity index (χ3v) is 14.0. The normalized spacial score (nSPS) is 23.3. The van der Waals surface area contributed by atoms with E-state index in [4.69, 9.17) is 26.6 Å². The van der Waals surface area contributed by atoms with Crippen LogP contribution in [0.15, 0.2) is 119 Å². The minimum atomic E-state index is -3.96. The first kappa shape index (κ1) is 69.3. The van der Waals surface area contributed by atoms with Gasteiger partial charge < -0.3 is 25.4 Å². The summed E-state index contributed by atoms with van der Waals surface area (Å²) >= 11 is 7.59. The third kappa shape index (κ3) is 21.8. The maximum absolute atomic E-state index is 13.9. The average Bonchev–Trinajstić information content (AvgIpc) is 4.23. The molecule has 3 saturated heterocycles. The first-order valence-corrected chi connectivity index (χ1v) is 27.0. The van der Waals surface area contributed by atoms with Crippen molar-refractivity contribution in [1.82, 2.24) is 25.0 Å². The lowest BCUT2D eigenvalue weighted by Crippen LogP contribution is -2.39. The van der Waals surface area contributed by atoms with Gasteiger partial charge in [-0.05, 0) is 56.0 Å². The number of nitrogens with zero attached hydrogens (tertiary/aromatic N) is 5. The molecule has 4 aromatic rings. The van der Waals surface area contributed by atoms with Crippen molar-refractivity contribution in [3.63, 3.8) is 0 Å². The first-order chi connectivity index (χ1) is 38.3. The number of β-amino-alcohol motifs (C(OH)–C–C–N with tert-alkyl or cyclic N) is 2. The van der Waals surface area contributed by atoms with Crippen LogP contribution in [0.3, 0.4) is 0 Å². The van der Waals surface area contributed by atoms with Gasteiger partial charge in [0, 0.05) is 85.9 Å². The Kier molecular flexibility index (Phi) is 26.3. The summed E-state index contributed by atoms with van der Waals surface area (Å²) in [7, 11) is 0. The Morgan fingerprint density at radius 2 is 1.28 bits per heavy atom. The number of aromatic nitrogens is 1. The van der Waals surface area contributed by atoms with Crippen molar-refractivity contribution in [3.8, 4) is 0 Å². The molecular weight excluding hydrogens is 1160 g/mol. The van der Waals surface area contributed by atoms with E-state index in [9.17, 15) is 71.4 Å². The molecule has 4 fully saturated rings. The molecule has 0 amide bonds. The van der Waals surface area contributed by atoms with Crippen LogP contribution in [0.1, 0.15) is 81.1 Å². The van der Waals surface area contributed by atoms with Gasteiger partial charge in [-0.2, -0.15) is 22.0 Å². The van der Waals surface area contributed by atoms with E-state index in [2.05, 4.69) is 15.3 Å². The highest BCUT2D eigenvalue weighted by atomic mass is 35.5. The number of carbonyl (C=O) groups is 1. The van der Waals surface area contributed by atoms with Gasteiger partial charge in [0.2, 0.25) is 0 Å². The second kappa shape index (κ2) is 31.1. The maximum Gasteiger partial charge on any atom is 0.388 e. The number of hydrogen-bond acceptors (Lipinski definition) is 12. The Labute approximate surface area is 474 Å². The van der Waals surface area contributed by atoms with Gasteiger partial charge in [-0.15, -0.1) is 11.3 Å². The molecule has 0 spiro atoms. The predicted molar refractivity (Wildman–Crippen MR) is 283 cm³/mol. The smallest absolute Gasteiger partial charge is 0.388 e. The third-order valence-electron chi connectivity index (χ3n) is 12.9. The van der Waals surface area contributed by atoms with E-state index in [1.54, 1.807) is 30.3 Å². The van der Waals surface area contributed by atoms with Crippen LogP contribution < -0.4 is 5.32 Å². The van der Waals surface area contributed by atoms with Gasteiger partial charge in [-0.25, -0.2) is 49.3 Å². The molecule has 3 aromatic carbocycles. The zero-order valence-corrected chi connectivity index (χ0v) is 46.6. The number of halogens is 15. The summed E-state index contributed by atoms with van der Waals surface area (Å²) in [6, 6.07) is 21.9. The van der Waals surface area contributed by atoms with Crippen LogP contribution in [-0.4, -0.2) is 147 Å². The second-order valence-corrected chi connectivity index (χ2v) is 20.8. The Bertz CT molecular complexity index is 2620. The molecule has 1 aromatic heterocycles. The molecule has 456 valence electrons. The fourth-order valence-electron chi connectivity index (χ4n) is 8.48. The number of carbonyl (C=O) groups excluding carboxylic acids is 1. The molecule has 1 saturated carbocycles. The summed E-state index contributed by atoms with van der Waals surface area (Å²) < 4.78 is 177. The van der Waals surface area contributed by atoms with Crippen molar-refractivity contribution in [2.75, 3.05) is 52.4 Å². The monoisotopic (exact) mass is 1220 g/mol. The molecule has 5 atom stereocenters. The summed E-state index contributed by atoms with van der Waals surface area (Å²) in [5.74, 6) is -13.0. The molecular formula is C55H65ClF14N6O5S. The minimum Gasteiger partial charge on any atom is -0.463 e. The van der Waals surface area contributed by atoms with Crippen molar-refractivity contribution in [2.24, 2.45) is 10.9 Å². The van der Waals surface area contributed by atoms with E-state index in [-0.39, 0.29) is 68.5 Å². The highest BCUT2D eigenvalue weighted by Gasteiger charge is 2.49. The molecule has 11 nitrogen and oxygen atoms in total. The molecule has 0 radical (unpaired) electrons. The van der Waals surface area contributed by atoms with Crippen LogP contribution in [0.4, 0.5) is 61.5 Å². The van der Waals surface area contributed by atoms with Gasteiger partial charge in [0.05, 0.1) is 31.8 Å². The fraction of sp³-hybridized carbons (Fsp3) is 0.509. The van der Waals surface area contributed by atoms with Crippen LogP contribution in [0.2, 0.25) is 5.02 Å². The lowest BCUT2D eigenvalue weighted by atomic mass is 9.95. The number of aliphatic hydroxyl groups is 3. The summed E-state index contributed by atoms with van der Waals surface area (Å²) in [6.07, 6.45) is -8.13. The number of thiazole rings is 1. The number of allylic oxidation sites excluding steroid dienone is 1. The Morgan fingerprint density at radius 3 is 1.65 bits per heavy atom. The largest absolute Gasteiger partial charge is 0.463 e. The van der Waals surface area contributed by atoms with Gasteiger partial charge in [-0.3, -0.25) is 19.7 Å². The quantitative estimate of drug-likeness (QED) is 0.0898. The van der Waals surface area contributed by atoms with E-state index in [0.29, 0.717) is 42.5 Å². The number of hydrogen-bond donors (Lipinski definition) is 4. The molecule has 0 bridgehead atoms. The molecule has 5 heterocycles. The van der Waals surface area contributed by atoms with Crippen molar-refractivity contribution in [1.29, 1.82) is 0 Å². The van der Waals surface area contributed by atoms with E-state index in [1.165, 1.54) is 35.3 Å². The number of aliphatic hydroxyl groups excluding tert-OH is 3. The van der Waals surface area contributed by atoms with Gasteiger partial charge in [-0.1, -0.05) is 92.2 Å². The summed E-state index contributed by atoms with van der Waals surface area (Å²) in [4.78, 5) is 26.6. The number of alkyl halides is 11. The first-order valence-electron chi connectivity index (χ1n) is 25.7. The highest BCUT2D eigenvalue weighted by molar-refractivity contribution is 7.11. The van der Waals surface area contributed by atoms with E-state index < -0.39 is 91.0 Å². The van der Waals surface area contributed by atoms with Crippen molar-refractivity contribution in [3.05, 3.63) is 146 Å². The molecule has 5 aliphatic rings. The second-order valence-electron chi connectivity index (χ2n) is 19.5. The number of ether oxygens (including phenoxy) is 1. The lowest BCUT2D eigenvalue weighted by molar-refractivity contribution is -0.139. The van der Waals surface area contributed by atoms with Gasteiger partial charge in [0.25, 0.3) is 29.8 Å². The van der Waals surface area contributed by atoms with Crippen LogP contribution in [0.25, 0.3) is 0 Å². The summed E-state index contributed by atoms with van der Waals surface area (Å²) in [6.45, 7) is 5.78. The zero-order chi connectivity index (χ0) is 61.2. The number of rotatable bonds is 10. The number of amidine groups is 1. The number of esters is 1. The topological polar surface area (TPSA) is 134 Å². The summed E-state index contributed by atoms with van der Waals surface area (Å²) in [5, 5.41) is 32.7. The molecule has 27 heteroatoms. The number of benzene rings is 3. The molecule has 4 N–H and O–H groups in total. The van der Waals surface area contributed by atoms with Crippen LogP contribution in [-0.2, 0) is 22.6 Å². The molecule has 4 aliphatic heterocycles. The number of likely N-dealkylation sites (tertiary alicyclic amines) is 3. The maximum atomic E-state index is 13.9. The van der Waals surface area contributed by atoms with E-state index in [0.717, 1.165) is 30.2 Å². The van der Waals surface area contributed by atoms with Crippen molar-refractivity contribution >= 4 is 34.7 Å². The minimum absolute atomic E-state index is 0.0435. The molecule has 1 aliphatic carbocycles. The van der Waals surface area contributed by atoms with Crippen molar-refractivity contribution in [2.45, 2.75) is 121 Å². The Hall–Kier alpha value is -5.22. The van der Waals surface area contributed by atoms with Gasteiger partial charge in [0.15, 0.2) is 10.8 Å². The zero-order valence-electron chi connectivity index (χ0n) is 45.0. The Morgan fingerprint density at radius 1 is 0.780 bits per heavy atom. The van der Waals surface area contributed by atoms with Gasteiger partial charge >= 0.3 is 12.1 Å².